The van der Waals surface area contributed by atoms with Gasteiger partial charge in [-0.1, -0.05) is 5.16 Å². The van der Waals surface area contributed by atoms with Crippen LogP contribution in [0.1, 0.15) is 35.3 Å². The molecule has 0 unspecified atom stereocenters. The quantitative estimate of drug-likeness (QED) is 0.553. The zero-order valence-corrected chi connectivity index (χ0v) is 17.1. The molecule has 0 saturated carbocycles. The maximum atomic E-state index is 5.56. The van der Waals surface area contributed by atoms with E-state index in [0.717, 1.165) is 53.7 Å². The number of pyridine rings is 1. The molecule has 1 aliphatic heterocycles. The van der Waals surface area contributed by atoms with Crippen molar-refractivity contribution in [2.45, 2.75) is 32.6 Å². The topological polar surface area (TPSA) is 94.6 Å². The van der Waals surface area contributed by atoms with Gasteiger partial charge in [0.15, 0.2) is 0 Å². The molecule has 4 aromatic heterocycles. The molecule has 4 aromatic rings. The van der Waals surface area contributed by atoms with E-state index < -0.39 is 0 Å². The van der Waals surface area contributed by atoms with Crippen LogP contribution in [0.15, 0.2) is 35.2 Å². The normalized spacial score (nSPS) is 15.1. The fourth-order valence-electron chi connectivity index (χ4n) is 3.57. The second-order valence-corrected chi connectivity index (χ2v) is 8.19. The lowest BCUT2D eigenvalue weighted by Crippen LogP contribution is -2.26. The van der Waals surface area contributed by atoms with Crippen molar-refractivity contribution in [3.8, 4) is 28.0 Å². The summed E-state index contributed by atoms with van der Waals surface area (Å²) >= 11 is 1.67. The molecule has 8 nitrogen and oxygen atoms in total. The summed E-state index contributed by atoms with van der Waals surface area (Å²) in [6.45, 7) is 6.04. The Balaban J connectivity index is 1.39. The van der Waals surface area contributed by atoms with Crippen molar-refractivity contribution < 1.29 is 4.52 Å². The van der Waals surface area contributed by atoms with Gasteiger partial charge in [-0.2, -0.15) is 4.98 Å². The molecule has 5 rings (SSSR count). The van der Waals surface area contributed by atoms with Crippen molar-refractivity contribution in [1.29, 1.82) is 0 Å². The van der Waals surface area contributed by atoms with Gasteiger partial charge < -0.3 is 9.84 Å². The van der Waals surface area contributed by atoms with Gasteiger partial charge in [0.05, 0.1) is 10.7 Å². The molecule has 0 spiro atoms. The molecular weight excluding hydrogens is 386 g/mol. The van der Waals surface area contributed by atoms with Crippen LogP contribution in [0.3, 0.4) is 0 Å². The summed E-state index contributed by atoms with van der Waals surface area (Å²) in [5.74, 6) is 3.25. The van der Waals surface area contributed by atoms with Gasteiger partial charge in [-0.15, -0.1) is 11.3 Å². The zero-order valence-electron chi connectivity index (χ0n) is 16.3. The van der Waals surface area contributed by atoms with Crippen molar-refractivity contribution in [2.75, 3.05) is 13.1 Å². The Kier molecular flexibility index (Phi) is 4.69. The van der Waals surface area contributed by atoms with Crippen LogP contribution in [0, 0.1) is 13.8 Å². The smallest absolute Gasteiger partial charge is 0.270 e. The SMILES string of the molecule is Cc1nc(C2CCNCC2)sc1-c1nc(-c2ccc(-n3ccnc3C)nc2)no1. The first-order chi connectivity index (χ1) is 14.2. The van der Waals surface area contributed by atoms with E-state index >= 15 is 0 Å². The number of nitrogens with one attached hydrogen (secondary N) is 1. The number of nitrogens with zero attached hydrogens (tertiary/aromatic N) is 6. The first-order valence-electron chi connectivity index (χ1n) is 9.68. The Morgan fingerprint density at radius 1 is 1.14 bits per heavy atom. The second kappa shape index (κ2) is 7.49. The van der Waals surface area contributed by atoms with E-state index in [4.69, 9.17) is 9.51 Å². The van der Waals surface area contributed by atoms with Crippen LogP contribution in [0.5, 0.6) is 0 Å². The summed E-state index contributed by atoms with van der Waals surface area (Å²) in [5.41, 5.74) is 1.75. The van der Waals surface area contributed by atoms with Gasteiger partial charge in [0, 0.05) is 30.1 Å². The van der Waals surface area contributed by atoms with E-state index in [9.17, 15) is 0 Å². The average Bonchev–Trinajstić information content (AvgIpc) is 3.48. The molecule has 1 saturated heterocycles. The summed E-state index contributed by atoms with van der Waals surface area (Å²) in [6, 6.07) is 3.86. The van der Waals surface area contributed by atoms with Gasteiger partial charge in [0.1, 0.15) is 16.5 Å². The van der Waals surface area contributed by atoms with Gasteiger partial charge in [0.2, 0.25) is 5.82 Å². The molecule has 0 radical (unpaired) electrons. The number of imidazole rings is 1. The summed E-state index contributed by atoms with van der Waals surface area (Å²) in [5, 5.41) is 8.73. The van der Waals surface area contributed by atoms with E-state index in [1.165, 1.54) is 5.01 Å². The number of rotatable bonds is 4. The van der Waals surface area contributed by atoms with Gasteiger partial charge in [-0.25, -0.2) is 15.0 Å². The van der Waals surface area contributed by atoms with Gasteiger partial charge in [-0.3, -0.25) is 4.57 Å². The zero-order chi connectivity index (χ0) is 19.8. The molecule has 0 amide bonds. The molecular formula is C20H21N7OS. The number of aryl methyl sites for hydroxylation is 2. The lowest BCUT2D eigenvalue weighted by molar-refractivity contribution is 0.433. The molecule has 29 heavy (non-hydrogen) atoms. The Labute approximate surface area is 172 Å². The summed E-state index contributed by atoms with van der Waals surface area (Å²) in [6.07, 6.45) is 7.64. The van der Waals surface area contributed by atoms with Crippen LogP contribution >= 0.6 is 11.3 Å². The van der Waals surface area contributed by atoms with Gasteiger partial charge in [-0.05, 0) is 51.9 Å². The highest BCUT2D eigenvalue weighted by molar-refractivity contribution is 7.15. The highest BCUT2D eigenvalue weighted by Gasteiger charge is 2.23. The molecule has 1 N–H and O–H groups in total. The van der Waals surface area contributed by atoms with Gasteiger partial charge >= 0.3 is 0 Å². The van der Waals surface area contributed by atoms with Crippen LogP contribution in [0.4, 0.5) is 0 Å². The fraction of sp³-hybridized carbons (Fsp3) is 0.350. The highest BCUT2D eigenvalue weighted by atomic mass is 32.1. The largest absolute Gasteiger partial charge is 0.333 e. The minimum Gasteiger partial charge on any atom is -0.333 e. The third-order valence-electron chi connectivity index (χ3n) is 5.20. The molecule has 1 aliphatic rings. The van der Waals surface area contributed by atoms with Gasteiger partial charge in [0.25, 0.3) is 5.89 Å². The molecule has 0 aromatic carbocycles. The summed E-state index contributed by atoms with van der Waals surface area (Å²) < 4.78 is 7.49. The molecule has 1 fully saturated rings. The molecule has 0 bridgehead atoms. The minimum atomic E-state index is 0.513. The fourth-order valence-corrected chi connectivity index (χ4v) is 4.73. The van der Waals surface area contributed by atoms with Crippen molar-refractivity contribution in [1.82, 2.24) is 35.0 Å². The van der Waals surface area contributed by atoms with Crippen LogP contribution in [-0.2, 0) is 0 Å². The number of hydrogen-bond acceptors (Lipinski definition) is 8. The van der Waals surface area contributed by atoms with E-state index in [1.807, 2.05) is 36.7 Å². The Morgan fingerprint density at radius 2 is 2.00 bits per heavy atom. The molecule has 0 aliphatic carbocycles. The van der Waals surface area contributed by atoms with E-state index in [2.05, 4.69) is 25.4 Å². The third-order valence-corrected chi connectivity index (χ3v) is 6.51. The summed E-state index contributed by atoms with van der Waals surface area (Å²) in [4.78, 5) is 19.1. The minimum absolute atomic E-state index is 0.513. The number of aromatic nitrogens is 6. The first kappa shape index (κ1) is 18.1. The van der Waals surface area contributed by atoms with Crippen LogP contribution in [0.25, 0.3) is 28.0 Å². The Bertz CT molecular complexity index is 1120. The molecule has 0 atom stereocenters. The first-order valence-corrected chi connectivity index (χ1v) is 10.5. The monoisotopic (exact) mass is 407 g/mol. The molecule has 148 valence electrons. The van der Waals surface area contributed by atoms with Crippen LogP contribution in [0.2, 0.25) is 0 Å². The Morgan fingerprint density at radius 3 is 2.72 bits per heavy atom. The standard InChI is InChI=1S/C20H21N7OS/c1-12-17(29-20(24-12)14-5-7-21-8-6-14)19-25-18(26-28-19)15-3-4-16(23-11-15)27-10-9-22-13(27)2/h3-4,9-11,14,21H,5-8H2,1-2H3. The highest BCUT2D eigenvalue weighted by Crippen LogP contribution is 2.36. The number of piperidine rings is 1. The predicted octanol–water partition coefficient (Wildman–Crippen LogP) is 3.52. The van der Waals surface area contributed by atoms with Crippen molar-refractivity contribution >= 4 is 11.3 Å². The average molecular weight is 408 g/mol. The Hall–Kier alpha value is -2.91. The summed E-state index contributed by atoms with van der Waals surface area (Å²) in [7, 11) is 0. The van der Waals surface area contributed by atoms with E-state index in [0.29, 0.717) is 17.6 Å². The van der Waals surface area contributed by atoms with Crippen LogP contribution < -0.4 is 5.32 Å². The number of thiazole rings is 1. The van der Waals surface area contributed by atoms with Crippen molar-refractivity contribution in [3.05, 3.63) is 47.2 Å². The van der Waals surface area contributed by atoms with E-state index in [-0.39, 0.29) is 0 Å². The van der Waals surface area contributed by atoms with Crippen molar-refractivity contribution in [3.63, 3.8) is 0 Å². The third kappa shape index (κ3) is 3.47. The van der Waals surface area contributed by atoms with Crippen LogP contribution in [-0.4, -0.2) is 42.7 Å². The predicted molar refractivity (Wildman–Crippen MR) is 110 cm³/mol. The second-order valence-electron chi connectivity index (χ2n) is 7.16. The lowest BCUT2D eigenvalue weighted by Gasteiger charge is -2.20. The molecule has 5 heterocycles. The lowest BCUT2D eigenvalue weighted by atomic mass is 9.99. The maximum absolute atomic E-state index is 5.56. The molecule has 9 heteroatoms. The number of hydrogen-bond donors (Lipinski definition) is 1. The van der Waals surface area contributed by atoms with Crippen molar-refractivity contribution in [2.24, 2.45) is 0 Å². The maximum Gasteiger partial charge on any atom is 0.270 e. The van der Waals surface area contributed by atoms with E-state index in [1.54, 1.807) is 23.7 Å².